The van der Waals surface area contributed by atoms with Gasteiger partial charge in [0.15, 0.2) is 0 Å². The van der Waals surface area contributed by atoms with Gasteiger partial charge in [-0.2, -0.15) is 0 Å². The maximum absolute atomic E-state index is 12.1. The lowest BCUT2D eigenvalue weighted by molar-refractivity contribution is -0.195. The second-order valence-corrected chi connectivity index (χ2v) is 27.7. The zero-order valence-corrected chi connectivity index (χ0v) is 55.7. The summed E-state index contributed by atoms with van der Waals surface area (Å²) in [6.45, 7) is 66.0. The maximum Gasteiger partial charge on any atom is 0.223 e. The molecule has 10 aliphatic heterocycles. The van der Waals surface area contributed by atoms with Crippen LogP contribution < -0.4 is 5.73 Å². The number of likely N-dealkylation sites (N-methyl/N-ethyl adjacent to an activating group) is 1. The monoisotopic (exact) mass is 1120 g/mol. The Hall–Kier alpha value is -1.08. The summed E-state index contributed by atoms with van der Waals surface area (Å²) in [4.78, 5) is 34.7. The quantitative estimate of drug-likeness (QED) is 0.219. The van der Waals surface area contributed by atoms with Crippen molar-refractivity contribution in [2.45, 2.75) is 256 Å². The number of hydrogen-bond acceptors (Lipinski definition) is 13. The summed E-state index contributed by atoms with van der Waals surface area (Å²) in [7, 11) is 2.19. The van der Waals surface area contributed by atoms with Crippen molar-refractivity contribution in [2.75, 3.05) is 145 Å². The van der Waals surface area contributed by atoms with Crippen LogP contribution in [0.2, 0.25) is 0 Å². The third-order valence-corrected chi connectivity index (χ3v) is 18.1. The normalized spacial score (nSPS) is 25.5. The summed E-state index contributed by atoms with van der Waals surface area (Å²) < 4.78 is 17.3. The molecule has 0 bridgehead atoms. The van der Waals surface area contributed by atoms with Gasteiger partial charge in [-0.15, -0.1) is 0 Å². The topological polar surface area (TPSA) is 105 Å². The smallest absolute Gasteiger partial charge is 0.223 e. The minimum Gasteiger partial charge on any atom is -0.392 e. The molecule has 0 aromatic carbocycles. The van der Waals surface area contributed by atoms with E-state index in [2.05, 4.69) is 188 Å². The highest BCUT2D eigenvalue weighted by Crippen LogP contribution is 2.38. The molecular formula is C64H134FN11O3. The Morgan fingerprint density at radius 3 is 1.05 bits per heavy atom. The van der Waals surface area contributed by atoms with E-state index in [1.807, 2.05) is 0 Å². The first-order valence-electron chi connectivity index (χ1n) is 32.6. The van der Waals surface area contributed by atoms with Crippen molar-refractivity contribution < 1.29 is 19.0 Å². The van der Waals surface area contributed by atoms with E-state index < -0.39 is 6.17 Å². The molecule has 2 atom stereocenters. The van der Waals surface area contributed by atoms with Gasteiger partial charge in [-0.05, 0) is 223 Å². The van der Waals surface area contributed by atoms with Crippen molar-refractivity contribution in [3.05, 3.63) is 0 Å². The molecule has 10 rings (SSSR count). The number of piperidine rings is 1. The second-order valence-electron chi connectivity index (χ2n) is 27.7. The number of alkyl halides is 1. The van der Waals surface area contributed by atoms with E-state index in [1.54, 1.807) is 0 Å². The van der Waals surface area contributed by atoms with E-state index in [1.165, 1.54) is 130 Å². The number of rotatable bonds is 10. The number of ether oxygens (including phenoxy) is 1. The summed E-state index contributed by atoms with van der Waals surface area (Å²) in [5, 5.41) is 9.11. The van der Waals surface area contributed by atoms with Gasteiger partial charge in [0, 0.05) is 151 Å². The number of primary amides is 1. The number of hydrogen-bond donors (Lipinski definition) is 2. The van der Waals surface area contributed by atoms with Gasteiger partial charge < -0.3 is 35.2 Å². The molecular weight excluding hydrogens is 990 g/mol. The van der Waals surface area contributed by atoms with E-state index in [4.69, 9.17) is 15.6 Å². The average molecular weight is 1120 g/mol. The Labute approximate surface area is 489 Å². The van der Waals surface area contributed by atoms with Gasteiger partial charge in [-0.1, -0.05) is 6.42 Å². The van der Waals surface area contributed by atoms with Crippen LogP contribution >= 0.6 is 0 Å². The summed E-state index contributed by atoms with van der Waals surface area (Å²) in [5.74, 6) is -0.0423. The zero-order valence-electron chi connectivity index (χ0n) is 55.7. The van der Waals surface area contributed by atoms with Crippen LogP contribution in [0.1, 0.15) is 183 Å². The fourth-order valence-corrected chi connectivity index (χ4v) is 11.2. The van der Waals surface area contributed by atoms with Crippen LogP contribution in [0.4, 0.5) is 4.39 Å². The molecule has 0 aromatic rings. The SMILES string of the molecule is CC(C)N1CC(C(N)=O)C1.CC(C)N1CC(F)C1.CC(C)N1CC2(COC2)C1.CC(C)N1CCC(O)C1.CC(C)N1CCC1.CC(C)N1CCC1C.CC(C)N1CCCC1.CC(C)N1CCCCC1.CC(C)N1CCN(C)CC1. The fourth-order valence-electron chi connectivity index (χ4n) is 11.2. The number of carbonyl (C=O) groups excluding carboxylic acids is 1. The molecule has 10 heterocycles. The van der Waals surface area contributed by atoms with Gasteiger partial charge in [0.25, 0.3) is 0 Å². The van der Waals surface area contributed by atoms with Crippen molar-refractivity contribution in [3.63, 3.8) is 0 Å². The Bertz CT molecular complexity index is 1490. The molecule has 10 fully saturated rings. The molecule has 79 heavy (non-hydrogen) atoms. The predicted molar refractivity (Wildman–Crippen MR) is 336 cm³/mol. The van der Waals surface area contributed by atoms with Gasteiger partial charge in [0.1, 0.15) is 6.17 Å². The summed E-state index contributed by atoms with van der Waals surface area (Å²) in [5.41, 5.74) is 5.70. The highest BCUT2D eigenvalue weighted by Gasteiger charge is 2.49. The summed E-state index contributed by atoms with van der Waals surface area (Å²) >= 11 is 0. The molecule has 3 N–H and O–H groups in total. The van der Waals surface area contributed by atoms with Gasteiger partial charge in [-0.3, -0.25) is 34.2 Å². The van der Waals surface area contributed by atoms with E-state index in [0.717, 1.165) is 88.1 Å². The van der Waals surface area contributed by atoms with Gasteiger partial charge in [-0.25, -0.2) is 4.39 Å². The number of β-amino-alcohol motifs (C(OH)–C–C–N with tert-alkyl or cyclic N) is 1. The number of likely N-dealkylation sites (tertiary alicyclic amines) is 8. The average Bonchev–Trinajstić information content (AvgIpc) is 4.00. The first-order valence-corrected chi connectivity index (χ1v) is 32.6. The Morgan fingerprint density at radius 1 is 0.456 bits per heavy atom. The Balaban J connectivity index is 0.000000304. The molecule has 0 radical (unpaired) electrons. The molecule has 10 saturated heterocycles. The first kappa shape index (κ1) is 74.0. The van der Waals surface area contributed by atoms with Crippen LogP contribution in [0.15, 0.2) is 0 Å². The summed E-state index contributed by atoms with van der Waals surface area (Å²) in [6.07, 6.45) is 10.3. The molecule has 0 aromatic heterocycles. The van der Waals surface area contributed by atoms with Crippen molar-refractivity contribution >= 4 is 5.91 Å². The second kappa shape index (κ2) is 38.8. The van der Waals surface area contributed by atoms with Crippen molar-refractivity contribution in [1.82, 2.24) is 49.0 Å². The Kier molecular flexibility index (Phi) is 36.3. The number of nitrogens with two attached hydrogens (primary N) is 1. The number of aliphatic hydroxyl groups excluding tert-OH is 1. The number of nitrogens with zero attached hydrogens (tertiary/aromatic N) is 10. The van der Waals surface area contributed by atoms with Crippen LogP contribution in [0.5, 0.6) is 0 Å². The van der Waals surface area contributed by atoms with Gasteiger partial charge in [0.2, 0.25) is 5.91 Å². The van der Waals surface area contributed by atoms with E-state index in [-0.39, 0.29) is 17.9 Å². The van der Waals surface area contributed by atoms with Crippen molar-refractivity contribution in [2.24, 2.45) is 17.1 Å². The minimum absolute atomic E-state index is 0.0626. The molecule has 10 aliphatic rings. The molecule has 15 heteroatoms. The van der Waals surface area contributed by atoms with Crippen LogP contribution in [0.3, 0.4) is 0 Å². The highest BCUT2D eigenvalue weighted by atomic mass is 19.1. The van der Waals surface area contributed by atoms with Gasteiger partial charge in [0.05, 0.1) is 25.2 Å². The van der Waals surface area contributed by atoms with Crippen LogP contribution in [0, 0.1) is 11.3 Å². The van der Waals surface area contributed by atoms with E-state index in [9.17, 15) is 9.18 Å². The third-order valence-electron chi connectivity index (χ3n) is 18.1. The van der Waals surface area contributed by atoms with Crippen LogP contribution in [-0.4, -0.2) is 277 Å². The van der Waals surface area contributed by atoms with Gasteiger partial charge >= 0.3 is 0 Å². The van der Waals surface area contributed by atoms with Crippen molar-refractivity contribution in [3.8, 4) is 0 Å². The third kappa shape index (κ3) is 29.0. The van der Waals surface area contributed by atoms with E-state index >= 15 is 0 Å². The Morgan fingerprint density at radius 2 is 0.835 bits per heavy atom. The predicted octanol–water partition coefficient (Wildman–Crippen LogP) is 8.65. The number of aliphatic hydroxyl groups is 1. The van der Waals surface area contributed by atoms with Crippen LogP contribution in [0.25, 0.3) is 0 Å². The van der Waals surface area contributed by atoms with E-state index in [0.29, 0.717) is 36.6 Å². The number of carbonyl (C=O) groups is 1. The molecule has 0 saturated carbocycles. The first-order chi connectivity index (χ1) is 37.1. The lowest BCUT2D eigenvalue weighted by atomic mass is 9.77. The van der Waals surface area contributed by atoms with Crippen molar-refractivity contribution in [1.29, 1.82) is 0 Å². The molecule has 2 unspecified atom stereocenters. The number of piperazine rings is 1. The molecule has 1 spiro atoms. The molecule has 14 nitrogen and oxygen atoms in total. The lowest BCUT2D eigenvalue weighted by Crippen LogP contribution is -2.67. The maximum atomic E-state index is 12.1. The standard InChI is InChI=1S/C8H18N2.C8H15NO.C8H17N.C7H14N2O.C7H15NO.2C7H15N.C6H12FN.C6H13N/c1-8(2)10-6-4-9(3)5-7-10;1-7(2)9-3-8(4-9)5-10-6-8;1-8(2)9-6-4-3-5-7-9;1-5(2)9-3-6(4-9)7(8)10;1-6(2)8-4-3-7(9)5-8;1-6(2)8-5-4-7(8)3;1-7(2)8-5-3-4-6-8;1-5(2)8-3-6(7)4-8;1-6(2)7-4-3-5-7/h8H,4-7H2,1-3H3;7H,3-6H2,1-2H3;8H,3-7H2,1-2H3;5-6H,3-4H2,1-2H3,(H2,8,10);6-7,9H,3-5H2,1-2H3;6-7H,4-5H2,1-3H3;7H,3-6H2,1-2H3;5-6H,3-4H2,1-2H3;6H,3-5H2,1-2H3. The molecule has 1 amide bonds. The highest BCUT2D eigenvalue weighted by molar-refractivity contribution is 5.78. The number of halogens is 1. The van der Waals surface area contributed by atoms with Crippen LogP contribution in [-0.2, 0) is 9.53 Å². The largest absolute Gasteiger partial charge is 0.392 e. The minimum atomic E-state index is -0.544. The molecule has 470 valence electrons. The lowest BCUT2D eigenvalue weighted by Gasteiger charge is -2.56. The molecule has 0 aliphatic carbocycles. The fraction of sp³-hybridized carbons (Fsp3) is 0.984. The zero-order chi connectivity index (χ0) is 59.6. The summed E-state index contributed by atoms with van der Waals surface area (Å²) in [6, 6.07) is 7.09. The number of amides is 1.